The second-order valence-electron chi connectivity index (χ2n) is 11.7. The average molecular weight is 467 g/mol. The van der Waals surface area contributed by atoms with Crippen LogP contribution >= 0.6 is 0 Å². The Hall–Kier alpha value is 0.208. The van der Waals surface area contributed by atoms with E-state index in [0.717, 1.165) is 6.54 Å². The molecular formula is C22H50MoN4. The summed E-state index contributed by atoms with van der Waals surface area (Å²) in [5.74, 6) is 0. The summed E-state index contributed by atoms with van der Waals surface area (Å²) in [5.41, 5.74) is 0.610. The maximum Gasteiger partial charge on any atom is -0.0793 e. The van der Waals surface area contributed by atoms with E-state index in [1.54, 1.807) is 0 Å². The summed E-state index contributed by atoms with van der Waals surface area (Å²) in [6.45, 7) is 34.8. The van der Waals surface area contributed by atoms with E-state index < -0.39 is 18.2 Å². The topological polar surface area (TPSA) is 52.9 Å². The number of hydrogen-bond acceptors (Lipinski definition) is 2. The molecule has 0 N–H and O–H groups in total. The van der Waals surface area contributed by atoms with Crippen LogP contribution in [0.2, 0.25) is 0 Å². The quantitative estimate of drug-likeness (QED) is 0.350. The van der Waals surface area contributed by atoms with Gasteiger partial charge in [-0.25, -0.2) is 0 Å². The third-order valence-electron chi connectivity index (χ3n) is 1.93. The Balaban J connectivity index is -0.000000329. The fraction of sp³-hybridized carbons (Fsp3) is 1.00. The molecule has 0 aliphatic carbocycles. The minimum atomic E-state index is -0.473. The second-order valence-corrected chi connectivity index (χ2v) is 13.0. The van der Waals surface area contributed by atoms with Crippen molar-refractivity contribution in [1.82, 2.24) is 0 Å². The largest absolute Gasteiger partial charge is 0.658 e. The van der Waals surface area contributed by atoms with Crippen LogP contribution in [0.15, 0.2) is 6.99 Å². The molecule has 0 rings (SSSR count). The summed E-state index contributed by atoms with van der Waals surface area (Å²) in [4.78, 5) is 0. The SMILES string of the molecule is CC(C)(C)[N-]C(C)(C)C.CC(C)(C)[N]=[Mo+2]=[N]C(C)(C)C.CC[N-]C(C)(C)C. The van der Waals surface area contributed by atoms with E-state index in [4.69, 9.17) is 0 Å². The van der Waals surface area contributed by atoms with E-state index in [1.165, 1.54) is 0 Å². The van der Waals surface area contributed by atoms with Crippen molar-refractivity contribution in [2.45, 2.75) is 138 Å². The monoisotopic (exact) mass is 468 g/mol. The minimum absolute atomic E-state index is 0.108. The van der Waals surface area contributed by atoms with E-state index in [-0.39, 0.29) is 27.7 Å². The molecule has 0 atom stereocenters. The first-order valence-electron chi connectivity index (χ1n) is 10.0. The summed E-state index contributed by atoms with van der Waals surface area (Å²) in [6, 6.07) is 0. The molecule has 0 aliphatic heterocycles. The van der Waals surface area contributed by atoms with Gasteiger partial charge in [0.15, 0.2) is 0 Å². The van der Waals surface area contributed by atoms with Gasteiger partial charge in [-0.2, -0.15) is 6.54 Å². The van der Waals surface area contributed by atoms with Gasteiger partial charge in [0.2, 0.25) is 0 Å². The van der Waals surface area contributed by atoms with Crippen molar-refractivity contribution in [3.8, 4) is 0 Å². The predicted molar refractivity (Wildman–Crippen MR) is 121 cm³/mol. The molecule has 0 aromatic carbocycles. The van der Waals surface area contributed by atoms with Gasteiger partial charge in [0.05, 0.1) is 0 Å². The molecule has 0 bridgehead atoms. The Kier molecular flexibility index (Phi) is 15.0. The first-order chi connectivity index (χ1) is 11.5. The van der Waals surface area contributed by atoms with E-state index in [0.29, 0.717) is 0 Å². The maximum atomic E-state index is 4.54. The molecule has 5 heteroatoms. The number of nitrogens with zero attached hydrogens (tertiary/aromatic N) is 4. The van der Waals surface area contributed by atoms with Crippen LogP contribution in [-0.4, -0.2) is 34.2 Å². The van der Waals surface area contributed by atoms with Gasteiger partial charge < -0.3 is 10.6 Å². The molecule has 0 amide bonds. The van der Waals surface area contributed by atoms with Crippen LogP contribution in [0.1, 0.15) is 111 Å². The van der Waals surface area contributed by atoms with Gasteiger partial charge in [-0.05, 0) is 0 Å². The first kappa shape index (κ1) is 31.9. The molecule has 4 nitrogen and oxygen atoms in total. The van der Waals surface area contributed by atoms with Gasteiger partial charge in [-0.3, -0.25) is 0 Å². The minimum Gasteiger partial charge on any atom is -0.658 e. The Morgan fingerprint density at radius 3 is 0.926 bits per heavy atom. The average Bonchev–Trinajstić information content (AvgIpc) is 2.18. The first-order valence-corrected chi connectivity index (χ1v) is 11.8. The van der Waals surface area contributed by atoms with Gasteiger partial charge in [-0.15, -0.1) is 16.6 Å². The normalized spacial score (nSPS) is 12.7. The molecule has 164 valence electrons. The summed E-state index contributed by atoms with van der Waals surface area (Å²) in [7, 11) is 0. The van der Waals surface area contributed by atoms with Crippen molar-refractivity contribution in [3.05, 3.63) is 10.6 Å². The molecule has 0 spiro atoms. The summed E-state index contributed by atoms with van der Waals surface area (Å²) >= 11 is -0.473. The second kappa shape index (κ2) is 12.7. The van der Waals surface area contributed by atoms with Gasteiger partial charge in [0.25, 0.3) is 0 Å². The van der Waals surface area contributed by atoms with E-state index in [9.17, 15) is 0 Å². The zero-order valence-corrected chi connectivity index (χ0v) is 23.4. The van der Waals surface area contributed by atoms with Crippen molar-refractivity contribution in [2.24, 2.45) is 6.99 Å². The molecule has 0 saturated heterocycles. The van der Waals surface area contributed by atoms with Crippen LogP contribution in [0.25, 0.3) is 10.6 Å². The fourth-order valence-electron chi connectivity index (χ4n) is 1.75. The zero-order valence-electron chi connectivity index (χ0n) is 21.4. The van der Waals surface area contributed by atoms with Crippen LogP contribution in [-0.2, 0) is 18.2 Å². The van der Waals surface area contributed by atoms with Crippen LogP contribution < -0.4 is 0 Å². The molecule has 0 aromatic heterocycles. The standard InChI is InChI=1S/C8H18N.C6H14N.2C4H9N.Mo/c1-7(2,3)9-8(4,5)6;1-5-7-6(2,3)4;2*1-4(2,3)5;/h1-6H3;5H2,1-4H3;2*1-3H3;/q2*-1;;;+2. The van der Waals surface area contributed by atoms with Crippen LogP contribution in [0.5, 0.6) is 0 Å². The third kappa shape index (κ3) is 46.3. The Morgan fingerprint density at radius 2 is 0.852 bits per heavy atom. The van der Waals surface area contributed by atoms with Gasteiger partial charge in [0, 0.05) is 0 Å². The van der Waals surface area contributed by atoms with Crippen molar-refractivity contribution in [2.75, 3.05) is 6.54 Å². The van der Waals surface area contributed by atoms with Gasteiger partial charge >= 0.3 is 77.8 Å². The fourth-order valence-corrected chi connectivity index (χ4v) is 3.05. The molecule has 0 aliphatic rings. The van der Waals surface area contributed by atoms with Gasteiger partial charge in [0.1, 0.15) is 0 Å². The number of hydrogen-bond donors (Lipinski definition) is 0. The predicted octanol–water partition coefficient (Wildman–Crippen LogP) is 8.17. The smallest absolute Gasteiger partial charge is 0.0793 e. The van der Waals surface area contributed by atoms with Crippen LogP contribution in [0.3, 0.4) is 0 Å². The maximum absolute atomic E-state index is 4.54. The number of rotatable bonds is 1. The summed E-state index contributed by atoms with van der Waals surface area (Å²) < 4.78 is 9.01. The molecule has 0 unspecified atom stereocenters. The summed E-state index contributed by atoms with van der Waals surface area (Å²) in [5, 5.41) is 8.80. The van der Waals surface area contributed by atoms with E-state index >= 15 is 0 Å². The molecule has 0 fully saturated rings. The van der Waals surface area contributed by atoms with Crippen molar-refractivity contribution >= 4 is 0 Å². The molecule has 0 saturated carbocycles. The van der Waals surface area contributed by atoms with Crippen LogP contribution in [0, 0.1) is 0 Å². The van der Waals surface area contributed by atoms with E-state index in [2.05, 4.69) is 128 Å². The molecule has 0 aromatic rings. The zero-order chi connectivity index (χ0) is 22.7. The van der Waals surface area contributed by atoms with Crippen molar-refractivity contribution in [1.29, 1.82) is 0 Å². The summed E-state index contributed by atoms with van der Waals surface area (Å²) in [6.07, 6.45) is 0. The molecule has 0 heterocycles. The van der Waals surface area contributed by atoms with Crippen molar-refractivity contribution in [3.63, 3.8) is 0 Å². The molecular weight excluding hydrogens is 416 g/mol. The van der Waals surface area contributed by atoms with Crippen molar-refractivity contribution < 1.29 is 18.2 Å². The molecule has 0 radical (unpaired) electrons. The van der Waals surface area contributed by atoms with Crippen LogP contribution in [0.4, 0.5) is 0 Å². The Bertz CT molecular complexity index is 399. The Labute approximate surface area is 180 Å². The van der Waals surface area contributed by atoms with E-state index in [1.807, 2.05) is 0 Å². The van der Waals surface area contributed by atoms with Gasteiger partial charge in [-0.1, -0.05) is 69.2 Å². The Morgan fingerprint density at radius 1 is 0.556 bits per heavy atom. The molecule has 27 heavy (non-hydrogen) atoms. The third-order valence-corrected chi connectivity index (χ3v) is 5.03.